The van der Waals surface area contributed by atoms with Crippen LogP contribution in [0.5, 0.6) is 0 Å². The number of carbonyl (C=O) groups is 1. The van der Waals surface area contributed by atoms with E-state index in [0.717, 1.165) is 18.5 Å². The number of imidazole rings is 1. The zero-order valence-corrected chi connectivity index (χ0v) is 14.7. The van der Waals surface area contributed by atoms with E-state index in [-0.39, 0.29) is 17.9 Å². The van der Waals surface area contributed by atoms with Gasteiger partial charge in [0, 0.05) is 19.3 Å². The van der Waals surface area contributed by atoms with Crippen LogP contribution in [0, 0.1) is 17.8 Å². The van der Waals surface area contributed by atoms with E-state index in [4.69, 9.17) is 4.74 Å². The number of ether oxygens (including phenoxy) is 1. The lowest BCUT2D eigenvalue weighted by atomic mass is 9.89. The molecule has 5 nitrogen and oxygen atoms in total. The van der Waals surface area contributed by atoms with Crippen LogP contribution >= 0.6 is 0 Å². The number of rotatable bonds is 3. The molecule has 1 fully saturated rings. The standard InChI is InChI=1S/C19H25N3O2/c1-14-11-16(24-3)9-10-17(14)18-12-22(13-20-18)19(23)21(2)15-7-5-4-6-8-15/h11-15,17H,4-8H2,1-3H3. The second-order valence-corrected chi connectivity index (χ2v) is 6.73. The summed E-state index contributed by atoms with van der Waals surface area (Å²) in [5, 5.41) is 0. The van der Waals surface area contributed by atoms with Crippen molar-refractivity contribution in [1.82, 2.24) is 14.5 Å². The van der Waals surface area contributed by atoms with Gasteiger partial charge in [0.05, 0.1) is 18.7 Å². The maximum absolute atomic E-state index is 12.7. The van der Waals surface area contributed by atoms with E-state index in [9.17, 15) is 4.79 Å². The summed E-state index contributed by atoms with van der Waals surface area (Å²) in [7, 11) is 3.52. The largest absolute Gasteiger partial charge is 0.489 e. The van der Waals surface area contributed by atoms with Crippen LogP contribution in [-0.4, -0.2) is 40.7 Å². The van der Waals surface area contributed by atoms with E-state index in [1.54, 1.807) is 18.0 Å². The quantitative estimate of drug-likeness (QED) is 0.800. The maximum atomic E-state index is 12.7. The van der Waals surface area contributed by atoms with Gasteiger partial charge in [-0.15, -0.1) is 0 Å². The predicted octanol–water partition coefficient (Wildman–Crippen LogP) is 3.38. The number of hydrogen-bond acceptors (Lipinski definition) is 3. The minimum absolute atomic E-state index is 0.00191. The molecule has 24 heavy (non-hydrogen) atoms. The highest BCUT2D eigenvalue weighted by Crippen LogP contribution is 2.28. The van der Waals surface area contributed by atoms with E-state index < -0.39 is 0 Å². The summed E-state index contributed by atoms with van der Waals surface area (Å²) >= 11 is 0. The van der Waals surface area contributed by atoms with E-state index in [2.05, 4.69) is 23.7 Å². The minimum Gasteiger partial charge on any atom is -0.489 e. The normalized spacial score (nSPS) is 23.9. The molecule has 3 rings (SSSR count). The molecule has 1 amide bonds. The van der Waals surface area contributed by atoms with Gasteiger partial charge in [0.25, 0.3) is 0 Å². The number of hydrogen-bond donors (Lipinski definition) is 0. The third kappa shape index (κ3) is 3.33. The number of nitrogens with zero attached hydrogens (tertiary/aromatic N) is 3. The molecule has 2 aliphatic carbocycles. The number of aromatic nitrogens is 2. The maximum Gasteiger partial charge on any atom is 0.329 e. The molecule has 2 aliphatic rings. The monoisotopic (exact) mass is 327 g/mol. The summed E-state index contributed by atoms with van der Waals surface area (Å²) in [6, 6.07) is 0.336. The molecule has 0 radical (unpaired) electrons. The average Bonchev–Trinajstić information content (AvgIpc) is 3.10. The molecular weight excluding hydrogens is 302 g/mol. The molecule has 0 spiro atoms. The van der Waals surface area contributed by atoms with Gasteiger partial charge in [0.15, 0.2) is 5.76 Å². The summed E-state index contributed by atoms with van der Waals surface area (Å²) in [5.74, 6) is 7.09. The van der Waals surface area contributed by atoms with Gasteiger partial charge in [0.2, 0.25) is 0 Å². The molecule has 1 aromatic rings. The molecule has 128 valence electrons. The van der Waals surface area contributed by atoms with Crippen LogP contribution < -0.4 is 0 Å². The van der Waals surface area contributed by atoms with Crippen molar-refractivity contribution in [2.24, 2.45) is 5.92 Å². The van der Waals surface area contributed by atoms with Gasteiger partial charge in [-0.25, -0.2) is 9.78 Å². The van der Waals surface area contributed by atoms with Crippen LogP contribution in [0.3, 0.4) is 0 Å². The predicted molar refractivity (Wildman–Crippen MR) is 92.4 cm³/mol. The first-order valence-corrected chi connectivity index (χ1v) is 8.68. The molecule has 0 bridgehead atoms. The first-order valence-electron chi connectivity index (χ1n) is 8.68. The third-order valence-electron chi connectivity index (χ3n) is 5.08. The Kier molecular flexibility index (Phi) is 4.94. The molecule has 2 unspecified atom stereocenters. The second-order valence-electron chi connectivity index (χ2n) is 6.73. The van der Waals surface area contributed by atoms with Gasteiger partial charge in [-0.2, -0.15) is 0 Å². The van der Waals surface area contributed by atoms with Gasteiger partial charge in [-0.05, 0) is 30.8 Å². The zero-order valence-electron chi connectivity index (χ0n) is 14.7. The molecule has 1 aromatic heterocycles. The Bertz CT molecular complexity index is 689. The van der Waals surface area contributed by atoms with Crippen LogP contribution in [0.1, 0.15) is 50.6 Å². The highest BCUT2D eigenvalue weighted by atomic mass is 16.5. The Balaban J connectivity index is 1.71. The number of carbonyl (C=O) groups excluding carboxylic acids is 1. The van der Waals surface area contributed by atoms with Crippen LogP contribution in [-0.2, 0) is 4.74 Å². The summed E-state index contributed by atoms with van der Waals surface area (Å²) in [4.78, 5) is 19.0. The summed E-state index contributed by atoms with van der Waals surface area (Å²) in [6.45, 7) is 2.09. The van der Waals surface area contributed by atoms with Gasteiger partial charge in [0.1, 0.15) is 6.33 Å². The molecule has 0 saturated heterocycles. The van der Waals surface area contributed by atoms with Crippen molar-refractivity contribution in [2.45, 2.75) is 51.0 Å². The van der Waals surface area contributed by atoms with E-state index in [1.165, 1.54) is 19.3 Å². The number of methoxy groups -OCH3 is 1. The Morgan fingerprint density at radius 2 is 2.12 bits per heavy atom. The minimum atomic E-state index is -0.00908. The van der Waals surface area contributed by atoms with Crippen molar-refractivity contribution < 1.29 is 9.53 Å². The van der Waals surface area contributed by atoms with Gasteiger partial charge >= 0.3 is 6.03 Å². The fourth-order valence-corrected chi connectivity index (χ4v) is 3.53. The molecule has 1 saturated carbocycles. The molecule has 0 aromatic carbocycles. The Labute approximate surface area is 143 Å². The lowest BCUT2D eigenvalue weighted by Gasteiger charge is -2.31. The van der Waals surface area contributed by atoms with Gasteiger partial charge in [-0.1, -0.05) is 32.1 Å². The summed E-state index contributed by atoms with van der Waals surface area (Å²) in [6.07, 6.45) is 11.3. The smallest absolute Gasteiger partial charge is 0.329 e. The zero-order chi connectivity index (χ0) is 17.1. The van der Waals surface area contributed by atoms with Gasteiger partial charge < -0.3 is 9.64 Å². The van der Waals surface area contributed by atoms with Crippen molar-refractivity contribution in [2.75, 3.05) is 14.2 Å². The van der Waals surface area contributed by atoms with Crippen LogP contribution in [0.4, 0.5) is 4.79 Å². The van der Waals surface area contributed by atoms with E-state index >= 15 is 0 Å². The molecule has 0 N–H and O–H groups in total. The lowest BCUT2D eigenvalue weighted by Crippen LogP contribution is -2.40. The van der Waals surface area contributed by atoms with E-state index in [1.807, 2.05) is 24.2 Å². The lowest BCUT2D eigenvalue weighted by molar-refractivity contribution is 0.175. The SMILES string of the molecule is COC1=CC(C)C(c2cn(C(=O)N(C)C3CCCCC3)cn2)C#C1. The molecule has 0 aliphatic heterocycles. The van der Waals surface area contributed by atoms with Crippen molar-refractivity contribution in [3.8, 4) is 11.8 Å². The van der Waals surface area contributed by atoms with Crippen LogP contribution in [0.25, 0.3) is 0 Å². The topological polar surface area (TPSA) is 47.4 Å². The fourth-order valence-electron chi connectivity index (χ4n) is 3.53. The van der Waals surface area contributed by atoms with Crippen LogP contribution in [0.15, 0.2) is 24.4 Å². The van der Waals surface area contributed by atoms with E-state index in [0.29, 0.717) is 11.8 Å². The van der Waals surface area contributed by atoms with Gasteiger partial charge in [-0.3, -0.25) is 4.57 Å². The van der Waals surface area contributed by atoms with Crippen molar-refractivity contribution in [1.29, 1.82) is 0 Å². The third-order valence-corrected chi connectivity index (χ3v) is 5.08. The number of allylic oxidation sites excluding steroid dienone is 2. The second kappa shape index (κ2) is 7.12. The van der Waals surface area contributed by atoms with Crippen molar-refractivity contribution in [3.05, 3.63) is 30.1 Å². The Hall–Kier alpha value is -2.22. The summed E-state index contributed by atoms with van der Waals surface area (Å²) in [5.41, 5.74) is 0.840. The molecule has 5 heteroatoms. The molecule has 2 atom stereocenters. The number of amides is 1. The fraction of sp³-hybridized carbons (Fsp3) is 0.579. The highest BCUT2D eigenvalue weighted by molar-refractivity contribution is 5.77. The first kappa shape index (κ1) is 16.6. The Morgan fingerprint density at radius 1 is 1.38 bits per heavy atom. The highest BCUT2D eigenvalue weighted by Gasteiger charge is 2.26. The first-order chi connectivity index (χ1) is 11.6. The average molecular weight is 327 g/mol. The van der Waals surface area contributed by atoms with Crippen LogP contribution in [0.2, 0.25) is 0 Å². The Morgan fingerprint density at radius 3 is 2.79 bits per heavy atom. The summed E-state index contributed by atoms with van der Waals surface area (Å²) < 4.78 is 6.78. The van der Waals surface area contributed by atoms with Crippen molar-refractivity contribution >= 4 is 6.03 Å². The molecule has 1 heterocycles. The van der Waals surface area contributed by atoms with Crippen molar-refractivity contribution in [3.63, 3.8) is 0 Å². The molecular formula is C19H25N3O2.